The molecule has 0 bridgehead atoms. The second-order valence-electron chi connectivity index (χ2n) is 5.71. The maximum atomic E-state index is 12.8. The van der Waals surface area contributed by atoms with Gasteiger partial charge in [0.1, 0.15) is 0 Å². The summed E-state index contributed by atoms with van der Waals surface area (Å²) in [6, 6.07) is 8.79. The smallest absolute Gasteiger partial charge is 0.257 e. The van der Waals surface area contributed by atoms with E-state index in [1.54, 1.807) is 18.2 Å². The van der Waals surface area contributed by atoms with Crippen molar-refractivity contribution in [2.24, 2.45) is 0 Å². The topological polar surface area (TPSA) is 75.7 Å². The molecule has 1 saturated heterocycles. The van der Waals surface area contributed by atoms with Gasteiger partial charge >= 0.3 is 0 Å². The Labute approximate surface area is 172 Å². The predicted octanol–water partition coefficient (Wildman–Crippen LogP) is 3.92. The van der Waals surface area contributed by atoms with Crippen molar-refractivity contribution in [2.75, 3.05) is 31.6 Å². The quantitative estimate of drug-likeness (QED) is 0.767. The zero-order valence-electron chi connectivity index (χ0n) is 13.9. The summed E-state index contributed by atoms with van der Waals surface area (Å²) in [4.78, 5) is 12.6. The molecule has 0 unspecified atom stereocenters. The molecule has 1 aliphatic heterocycles. The van der Waals surface area contributed by atoms with Crippen LogP contribution in [0.25, 0.3) is 0 Å². The van der Waals surface area contributed by atoms with Gasteiger partial charge in [-0.3, -0.25) is 4.79 Å². The van der Waals surface area contributed by atoms with Crippen LogP contribution >= 0.6 is 34.8 Å². The van der Waals surface area contributed by atoms with Gasteiger partial charge in [-0.05, 0) is 30.3 Å². The van der Waals surface area contributed by atoms with Crippen molar-refractivity contribution in [3.63, 3.8) is 0 Å². The number of amides is 1. The van der Waals surface area contributed by atoms with Gasteiger partial charge in [-0.2, -0.15) is 4.31 Å². The largest absolute Gasteiger partial charge is 0.379 e. The van der Waals surface area contributed by atoms with Gasteiger partial charge in [0.05, 0.1) is 44.4 Å². The number of morpholine rings is 1. The number of ether oxygens (including phenoxy) is 1. The number of nitrogens with one attached hydrogen (secondary N) is 1. The zero-order valence-corrected chi connectivity index (χ0v) is 17.0. The van der Waals surface area contributed by atoms with Gasteiger partial charge in [-0.25, -0.2) is 8.42 Å². The minimum absolute atomic E-state index is 0.0158. The minimum atomic E-state index is -3.76. The molecule has 1 amide bonds. The van der Waals surface area contributed by atoms with E-state index >= 15 is 0 Å². The Bertz CT molecular complexity index is 976. The predicted molar refractivity (Wildman–Crippen MR) is 105 cm³/mol. The molecule has 10 heteroatoms. The lowest BCUT2D eigenvalue weighted by Gasteiger charge is -2.26. The highest BCUT2D eigenvalue weighted by Gasteiger charge is 2.27. The van der Waals surface area contributed by atoms with Crippen LogP contribution in [0.5, 0.6) is 0 Å². The third-order valence-corrected chi connectivity index (χ3v) is 7.03. The molecular weight excluding hydrogens is 435 g/mol. The van der Waals surface area contributed by atoms with Crippen LogP contribution < -0.4 is 5.32 Å². The highest BCUT2D eigenvalue weighted by molar-refractivity contribution is 7.89. The average Bonchev–Trinajstić information content (AvgIpc) is 2.66. The van der Waals surface area contributed by atoms with Crippen LogP contribution in [-0.2, 0) is 14.8 Å². The summed E-state index contributed by atoms with van der Waals surface area (Å²) in [6.45, 7) is 1.16. The molecule has 3 rings (SSSR count). The molecule has 1 N–H and O–H groups in total. The Kier molecular flexibility index (Phi) is 6.30. The van der Waals surface area contributed by atoms with E-state index in [1.165, 1.54) is 22.5 Å². The number of hydrogen-bond acceptors (Lipinski definition) is 4. The highest BCUT2D eigenvalue weighted by Crippen LogP contribution is 2.31. The van der Waals surface area contributed by atoms with Gasteiger partial charge in [0.25, 0.3) is 5.91 Å². The number of benzene rings is 2. The summed E-state index contributed by atoms with van der Waals surface area (Å²) in [5, 5.41) is 3.18. The van der Waals surface area contributed by atoms with Crippen molar-refractivity contribution >= 4 is 56.4 Å². The van der Waals surface area contributed by atoms with Crippen molar-refractivity contribution in [1.82, 2.24) is 4.31 Å². The second kappa shape index (κ2) is 8.34. The Morgan fingerprint density at radius 1 is 1.04 bits per heavy atom. The first-order valence-electron chi connectivity index (χ1n) is 7.93. The molecule has 27 heavy (non-hydrogen) atoms. The van der Waals surface area contributed by atoms with Gasteiger partial charge < -0.3 is 10.1 Å². The van der Waals surface area contributed by atoms with Crippen molar-refractivity contribution in [1.29, 1.82) is 0 Å². The minimum Gasteiger partial charge on any atom is -0.379 e. The summed E-state index contributed by atoms with van der Waals surface area (Å²) < 4.78 is 32.1. The summed E-state index contributed by atoms with van der Waals surface area (Å²) in [6.07, 6.45) is 0. The third kappa shape index (κ3) is 4.39. The van der Waals surface area contributed by atoms with E-state index < -0.39 is 15.9 Å². The number of hydrogen-bond donors (Lipinski definition) is 1. The average molecular weight is 450 g/mol. The molecular formula is C17H15Cl3N2O4S. The molecule has 1 heterocycles. The fraction of sp³-hybridized carbons (Fsp3) is 0.235. The van der Waals surface area contributed by atoms with Crippen LogP contribution in [-0.4, -0.2) is 44.9 Å². The molecule has 2 aromatic rings. The van der Waals surface area contributed by atoms with Crippen molar-refractivity contribution < 1.29 is 17.9 Å². The molecule has 1 fully saturated rings. The van der Waals surface area contributed by atoms with Crippen LogP contribution in [0.2, 0.25) is 15.1 Å². The number of carbonyl (C=O) groups is 1. The van der Waals surface area contributed by atoms with Crippen LogP contribution in [0.3, 0.4) is 0 Å². The van der Waals surface area contributed by atoms with Gasteiger partial charge in [-0.1, -0.05) is 40.9 Å². The first kappa shape index (κ1) is 20.4. The Balaban J connectivity index is 1.91. The summed E-state index contributed by atoms with van der Waals surface area (Å²) in [7, 11) is -3.76. The molecule has 0 spiro atoms. The Hall–Kier alpha value is -1.35. The molecule has 0 radical (unpaired) electrons. The lowest BCUT2D eigenvalue weighted by molar-refractivity contribution is 0.0730. The fourth-order valence-electron chi connectivity index (χ4n) is 2.56. The molecule has 0 atom stereocenters. The molecule has 6 nitrogen and oxygen atoms in total. The third-order valence-electron chi connectivity index (χ3n) is 3.99. The Morgan fingerprint density at radius 2 is 1.74 bits per heavy atom. The summed E-state index contributed by atoms with van der Waals surface area (Å²) in [5.41, 5.74) is 0.314. The number of anilines is 1. The van der Waals surface area contributed by atoms with Crippen LogP contribution in [0.1, 0.15) is 10.4 Å². The number of carbonyl (C=O) groups excluding carboxylic acids is 1. The molecule has 0 aliphatic carbocycles. The van der Waals surface area contributed by atoms with Crippen LogP contribution in [0.15, 0.2) is 41.3 Å². The van der Waals surface area contributed by atoms with E-state index in [-0.39, 0.29) is 38.6 Å². The van der Waals surface area contributed by atoms with E-state index in [0.717, 1.165) is 0 Å². The van der Waals surface area contributed by atoms with Crippen LogP contribution in [0.4, 0.5) is 5.69 Å². The molecule has 2 aromatic carbocycles. The maximum Gasteiger partial charge on any atom is 0.257 e. The maximum absolute atomic E-state index is 12.8. The van der Waals surface area contributed by atoms with Crippen molar-refractivity contribution in [2.45, 2.75) is 4.90 Å². The number of nitrogens with zero attached hydrogens (tertiary/aromatic N) is 1. The molecule has 0 aromatic heterocycles. The number of rotatable bonds is 4. The first-order chi connectivity index (χ1) is 12.8. The highest BCUT2D eigenvalue weighted by atomic mass is 35.5. The van der Waals surface area contributed by atoms with Crippen molar-refractivity contribution in [3.05, 3.63) is 57.0 Å². The van der Waals surface area contributed by atoms with E-state index in [1.807, 2.05) is 0 Å². The van der Waals surface area contributed by atoms with Gasteiger partial charge in [0.15, 0.2) is 0 Å². The lowest BCUT2D eigenvalue weighted by Crippen LogP contribution is -2.40. The van der Waals surface area contributed by atoms with Gasteiger partial charge in [0, 0.05) is 13.1 Å². The van der Waals surface area contributed by atoms with Crippen LogP contribution in [0, 0.1) is 0 Å². The standard InChI is InChI=1S/C17H15Cl3N2O4S/c18-13-5-4-11(27(24,25)22-6-8-26-9-7-22)10-12(13)17(23)21-15-3-1-2-14(19)16(15)20/h1-5,10H,6-9H2,(H,21,23). The summed E-state index contributed by atoms with van der Waals surface area (Å²) in [5.74, 6) is -0.594. The SMILES string of the molecule is O=C(Nc1cccc(Cl)c1Cl)c1cc(S(=O)(=O)N2CCOCC2)ccc1Cl. The molecule has 144 valence electrons. The number of sulfonamides is 1. The fourth-order valence-corrected chi connectivity index (χ4v) is 4.55. The second-order valence-corrected chi connectivity index (χ2v) is 8.84. The normalized spacial score (nSPS) is 15.5. The van der Waals surface area contributed by atoms with E-state index in [9.17, 15) is 13.2 Å². The summed E-state index contributed by atoms with van der Waals surface area (Å²) >= 11 is 18.1. The van der Waals surface area contributed by atoms with E-state index in [4.69, 9.17) is 39.5 Å². The van der Waals surface area contributed by atoms with Gasteiger partial charge in [-0.15, -0.1) is 0 Å². The van der Waals surface area contributed by atoms with Crippen molar-refractivity contribution in [3.8, 4) is 0 Å². The molecule has 0 saturated carbocycles. The van der Waals surface area contributed by atoms with Gasteiger partial charge in [0.2, 0.25) is 10.0 Å². The van der Waals surface area contributed by atoms with E-state index in [2.05, 4.69) is 5.32 Å². The Morgan fingerprint density at radius 3 is 2.44 bits per heavy atom. The first-order valence-corrected chi connectivity index (χ1v) is 10.5. The monoisotopic (exact) mass is 448 g/mol. The van der Waals surface area contributed by atoms with E-state index in [0.29, 0.717) is 18.9 Å². The zero-order chi connectivity index (χ0) is 19.6. The lowest BCUT2D eigenvalue weighted by atomic mass is 10.2. The molecule has 1 aliphatic rings. The number of halogens is 3.